The van der Waals surface area contributed by atoms with Crippen molar-refractivity contribution in [2.45, 2.75) is 76.8 Å². The Morgan fingerprint density at radius 1 is 1.05 bits per heavy atom. The van der Waals surface area contributed by atoms with E-state index in [-0.39, 0.29) is 18.3 Å². The second-order valence-corrected chi connectivity index (χ2v) is 7.22. The van der Waals surface area contributed by atoms with Gasteiger partial charge in [0.2, 0.25) is 5.91 Å². The van der Waals surface area contributed by atoms with Gasteiger partial charge in [0, 0.05) is 24.5 Å². The molecule has 0 bridgehead atoms. The van der Waals surface area contributed by atoms with Crippen LogP contribution in [0.15, 0.2) is 0 Å². The van der Waals surface area contributed by atoms with Crippen molar-refractivity contribution in [3.05, 3.63) is 0 Å². The van der Waals surface area contributed by atoms with E-state index in [1.807, 2.05) is 0 Å². The maximum absolute atomic E-state index is 12.9. The molecule has 21 heavy (non-hydrogen) atoms. The van der Waals surface area contributed by atoms with Crippen molar-refractivity contribution < 1.29 is 4.79 Å². The third-order valence-corrected chi connectivity index (χ3v) is 5.75. The predicted molar refractivity (Wildman–Crippen MR) is 88.7 cm³/mol. The molecule has 0 aromatic heterocycles. The van der Waals surface area contributed by atoms with Gasteiger partial charge in [-0.2, -0.15) is 0 Å². The van der Waals surface area contributed by atoms with Crippen molar-refractivity contribution in [2.24, 2.45) is 11.8 Å². The first kappa shape index (κ1) is 17.1. The molecule has 3 rings (SSSR count). The molecule has 0 radical (unpaired) electrons. The Kier molecular flexibility index (Phi) is 6.36. The zero-order chi connectivity index (χ0) is 13.9. The summed E-state index contributed by atoms with van der Waals surface area (Å²) in [7, 11) is 0. The molecule has 0 aromatic rings. The minimum absolute atomic E-state index is 0. The van der Waals surface area contributed by atoms with Gasteiger partial charge in [0.25, 0.3) is 0 Å². The first-order valence-electron chi connectivity index (χ1n) is 8.79. The summed E-state index contributed by atoms with van der Waals surface area (Å²) in [6.45, 7) is 4.25. The molecule has 1 unspecified atom stereocenters. The van der Waals surface area contributed by atoms with Crippen molar-refractivity contribution in [3.8, 4) is 0 Å². The minimum Gasteiger partial charge on any atom is -0.339 e. The van der Waals surface area contributed by atoms with E-state index in [0.717, 1.165) is 31.8 Å². The average molecular weight is 315 g/mol. The zero-order valence-electron chi connectivity index (χ0n) is 13.4. The maximum Gasteiger partial charge on any atom is 0.226 e. The largest absolute Gasteiger partial charge is 0.339 e. The molecule has 3 aliphatic rings. The summed E-state index contributed by atoms with van der Waals surface area (Å²) in [5.74, 6) is 1.57. The normalized spacial score (nSPS) is 34.5. The molecule has 2 saturated heterocycles. The number of hydrogen-bond acceptors (Lipinski definition) is 2. The van der Waals surface area contributed by atoms with Gasteiger partial charge in [0.15, 0.2) is 0 Å². The van der Waals surface area contributed by atoms with Crippen LogP contribution in [0, 0.1) is 11.8 Å². The SMILES string of the molecule is C[C@H]1C[C@@H](C(=O)N2CCCC2C2CCCCC2)CCN1.Cl. The van der Waals surface area contributed by atoms with Gasteiger partial charge in [-0.05, 0) is 57.9 Å². The van der Waals surface area contributed by atoms with E-state index in [0.29, 0.717) is 18.0 Å². The van der Waals surface area contributed by atoms with Gasteiger partial charge in [-0.15, -0.1) is 12.4 Å². The van der Waals surface area contributed by atoms with Crippen LogP contribution in [-0.4, -0.2) is 36.0 Å². The monoisotopic (exact) mass is 314 g/mol. The van der Waals surface area contributed by atoms with Crippen LogP contribution in [0.25, 0.3) is 0 Å². The summed E-state index contributed by atoms with van der Waals surface area (Å²) in [4.78, 5) is 15.2. The Balaban J connectivity index is 0.00000161. The molecule has 0 spiro atoms. The first-order valence-corrected chi connectivity index (χ1v) is 8.79. The summed E-state index contributed by atoms with van der Waals surface area (Å²) in [6, 6.07) is 1.08. The summed E-state index contributed by atoms with van der Waals surface area (Å²) in [5, 5.41) is 3.46. The second-order valence-electron chi connectivity index (χ2n) is 7.22. The Morgan fingerprint density at radius 2 is 1.81 bits per heavy atom. The van der Waals surface area contributed by atoms with Crippen LogP contribution in [0.2, 0.25) is 0 Å². The first-order chi connectivity index (χ1) is 9.75. The Morgan fingerprint density at radius 3 is 2.52 bits per heavy atom. The predicted octanol–water partition coefficient (Wildman–Crippen LogP) is 3.37. The lowest BCUT2D eigenvalue weighted by Gasteiger charge is -2.37. The lowest BCUT2D eigenvalue weighted by Crippen LogP contribution is -2.47. The van der Waals surface area contributed by atoms with Crippen LogP contribution >= 0.6 is 12.4 Å². The fourth-order valence-electron chi connectivity index (χ4n) is 4.67. The number of amides is 1. The number of hydrogen-bond donors (Lipinski definition) is 1. The average Bonchev–Trinajstić information content (AvgIpc) is 2.97. The Bertz CT molecular complexity index is 344. The van der Waals surface area contributed by atoms with Gasteiger partial charge in [0.05, 0.1) is 0 Å². The molecule has 122 valence electrons. The van der Waals surface area contributed by atoms with E-state index in [1.165, 1.54) is 44.9 Å². The van der Waals surface area contributed by atoms with Gasteiger partial charge in [0.1, 0.15) is 0 Å². The molecule has 1 N–H and O–H groups in total. The van der Waals surface area contributed by atoms with Crippen LogP contribution in [0.4, 0.5) is 0 Å². The Hall–Kier alpha value is -0.280. The minimum atomic E-state index is 0. The molecular weight excluding hydrogens is 284 g/mol. The van der Waals surface area contributed by atoms with E-state index in [2.05, 4.69) is 17.1 Å². The van der Waals surface area contributed by atoms with E-state index >= 15 is 0 Å². The lowest BCUT2D eigenvalue weighted by molar-refractivity contribution is -0.138. The summed E-state index contributed by atoms with van der Waals surface area (Å²) < 4.78 is 0. The van der Waals surface area contributed by atoms with E-state index in [4.69, 9.17) is 0 Å². The van der Waals surface area contributed by atoms with Gasteiger partial charge >= 0.3 is 0 Å². The van der Waals surface area contributed by atoms with Crippen LogP contribution in [0.3, 0.4) is 0 Å². The van der Waals surface area contributed by atoms with Crippen molar-refractivity contribution in [2.75, 3.05) is 13.1 Å². The number of nitrogens with zero attached hydrogens (tertiary/aromatic N) is 1. The number of nitrogens with one attached hydrogen (secondary N) is 1. The molecule has 0 aromatic carbocycles. The topological polar surface area (TPSA) is 32.3 Å². The van der Waals surface area contributed by atoms with Gasteiger partial charge in [-0.3, -0.25) is 4.79 Å². The fourth-order valence-corrected chi connectivity index (χ4v) is 4.67. The highest BCUT2D eigenvalue weighted by molar-refractivity contribution is 5.85. The number of carbonyl (C=O) groups excluding carboxylic acids is 1. The smallest absolute Gasteiger partial charge is 0.226 e. The highest BCUT2D eigenvalue weighted by Gasteiger charge is 2.38. The molecule has 2 aliphatic heterocycles. The van der Waals surface area contributed by atoms with Crippen LogP contribution < -0.4 is 5.32 Å². The molecular formula is C17H31ClN2O. The van der Waals surface area contributed by atoms with Crippen LogP contribution in [-0.2, 0) is 4.79 Å². The number of likely N-dealkylation sites (tertiary alicyclic amines) is 1. The molecule has 1 aliphatic carbocycles. The maximum atomic E-state index is 12.9. The van der Waals surface area contributed by atoms with E-state index in [1.54, 1.807) is 0 Å². The van der Waals surface area contributed by atoms with Gasteiger partial charge < -0.3 is 10.2 Å². The third kappa shape index (κ3) is 3.92. The quantitative estimate of drug-likeness (QED) is 0.847. The van der Waals surface area contributed by atoms with Crippen molar-refractivity contribution in [1.29, 1.82) is 0 Å². The number of carbonyl (C=O) groups is 1. The standard InChI is InChI=1S/C17H30N2O.ClH/c1-13-12-15(9-10-18-13)17(20)19-11-5-8-16(19)14-6-3-2-4-7-14;/h13-16,18H,2-12H2,1H3;1H/t13-,15-,16?;/m0./s1. The number of rotatable bonds is 2. The molecule has 4 heteroatoms. The second kappa shape index (κ2) is 7.82. The van der Waals surface area contributed by atoms with Crippen LogP contribution in [0.1, 0.15) is 64.7 Å². The molecule has 2 heterocycles. The van der Waals surface area contributed by atoms with Gasteiger partial charge in [-0.1, -0.05) is 19.3 Å². The summed E-state index contributed by atoms with van der Waals surface area (Å²) in [6.07, 6.45) is 11.5. The third-order valence-electron chi connectivity index (χ3n) is 5.75. The summed E-state index contributed by atoms with van der Waals surface area (Å²) in [5.41, 5.74) is 0. The lowest BCUT2D eigenvalue weighted by atomic mass is 9.82. The number of halogens is 1. The fraction of sp³-hybridized carbons (Fsp3) is 0.941. The molecule has 3 nitrogen and oxygen atoms in total. The molecule has 1 saturated carbocycles. The summed E-state index contributed by atoms with van der Waals surface area (Å²) >= 11 is 0. The number of piperidine rings is 1. The molecule has 3 atom stereocenters. The molecule has 3 fully saturated rings. The highest BCUT2D eigenvalue weighted by Crippen LogP contribution is 2.35. The van der Waals surface area contributed by atoms with Crippen molar-refractivity contribution in [1.82, 2.24) is 10.2 Å². The van der Waals surface area contributed by atoms with E-state index in [9.17, 15) is 4.79 Å². The van der Waals surface area contributed by atoms with Crippen molar-refractivity contribution in [3.63, 3.8) is 0 Å². The van der Waals surface area contributed by atoms with E-state index < -0.39 is 0 Å². The van der Waals surface area contributed by atoms with Crippen molar-refractivity contribution >= 4 is 18.3 Å². The van der Waals surface area contributed by atoms with Crippen LogP contribution in [0.5, 0.6) is 0 Å². The highest BCUT2D eigenvalue weighted by atomic mass is 35.5. The molecule has 1 amide bonds. The van der Waals surface area contributed by atoms with Gasteiger partial charge in [-0.25, -0.2) is 0 Å². The zero-order valence-corrected chi connectivity index (χ0v) is 14.2. The Labute approximate surface area is 135 Å².